The van der Waals surface area contributed by atoms with Crippen LogP contribution in [0.1, 0.15) is 10.4 Å². The number of aromatic nitrogens is 2. The molecule has 0 aliphatic carbocycles. The Bertz CT molecular complexity index is 1140. The maximum absolute atomic E-state index is 12.9. The van der Waals surface area contributed by atoms with Crippen LogP contribution in [0.4, 0.5) is 21.6 Å². The number of anilines is 3. The van der Waals surface area contributed by atoms with Gasteiger partial charge in [-0.3, -0.25) is 19.4 Å². The number of halogens is 2. The van der Waals surface area contributed by atoms with Crippen LogP contribution in [0, 0.1) is 5.82 Å². The second kappa shape index (κ2) is 9.42. The fraction of sp³-hybridized carbons (Fsp3) is 0.0526. The monoisotopic (exact) mass is 447 g/mol. The quantitative estimate of drug-likeness (QED) is 0.339. The van der Waals surface area contributed by atoms with Crippen molar-refractivity contribution in [3.63, 3.8) is 0 Å². The van der Waals surface area contributed by atoms with Gasteiger partial charge in [-0.25, -0.2) is 9.37 Å². The molecule has 1 heterocycles. The average Bonchev–Trinajstić information content (AvgIpc) is 2.71. The van der Waals surface area contributed by atoms with Gasteiger partial charge in [0.25, 0.3) is 11.5 Å². The number of nitrogens with one attached hydrogen (secondary N) is 3. The van der Waals surface area contributed by atoms with Gasteiger partial charge in [-0.2, -0.15) is 0 Å². The van der Waals surface area contributed by atoms with Crippen LogP contribution in [0.5, 0.6) is 0 Å². The predicted molar refractivity (Wildman–Crippen MR) is 114 cm³/mol. The fourth-order valence-electron chi connectivity index (χ4n) is 2.31. The van der Waals surface area contributed by atoms with E-state index in [9.17, 15) is 18.8 Å². The van der Waals surface area contributed by atoms with Crippen LogP contribution in [0.25, 0.3) is 0 Å². The van der Waals surface area contributed by atoms with Gasteiger partial charge in [0.05, 0.1) is 5.75 Å². The molecule has 11 heteroatoms. The summed E-state index contributed by atoms with van der Waals surface area (Å²) < 4.78 is 12.9. The van der Waals surface area contributed by atoms with E-state index in [0.29, 0.717) is 10.7 Å². The molecule has 0 bridgehead atoms. The minimum atomic E-state index is -0.661. The summed E-state index contributed by atoms with van der Waals surface area (Å²) in [6, 6.07) is 11.4. The lowest BCUT2D eigenvalue weighted by atomic mass is 10.2. The van der Waals surface area contributed by atoms with E-state index in [1.165, 1.54) is 36.4 Å². The molecule has 0 radical (unpaired) electrons. The third-order valence-electron chi connectivity index (χ3n) is 3.74. The van der Waals surface area contributed by atoms with Gasteiger partial charge in [0.1, 0.15) is 11.5 Å². The highest BCUT2D eigenvalue weighted by Gasteiger charge is 2.15. The van der Waals surface area contributed by atoms with Crippen molar-refractivity contribution in [1.82, 2.24) is 9.97 Å². The molecule has 2 aromatic carbocycles. The molecule has 0 spiro atoms. The Labute approximate surface area is 179 Å². The summed E-state index contributed by atoms with van der Waals surface area (Å²) >= 11 is 6.73. The van der Waals surface area contributed by atoms with Crippen LogP contribution >= 0.6 is 23.4 Å². The van der Waals surface area contributed by atoms with Gasteiger partial charge >= 0.3 is 0 Å². The van der Waals surface area contributed by atoms with Crippen molar-refractivity contribution in [2.24, 2.45) is 0 Å². The van der Waals surface area contributed by atoms with Crippen molar-refractivity contribution < 1.29 is 14.0 Å². The molecule has 3 aromatic rings. The highest BCUT2D eigenvalue weighted by Crippen LogP contribution is 2.18. The number of amides is 2. The van der Waals surface area contributed by atoms with Crippen LogP contribution in [0.3, 0.4) is 0 Å². The van der Waals surface area contributed by atoms with Gasteiger partial charge < -0.3 is 16.4 Å². The number of benzene rings is 2. The minimum absolute atomic E-state index is 0.0732. The molecule has 0 aliphatic rings. The summed E-state index contributed by atoms with van der Waals surface area (Å²) in [5, 5.41) is 5.57. The summed E-state index contributed by atoms with van der Waals surface area (Å²) in [6.45, 7) is 0. The summed E-state index contributed by atoms with van der Waals surface area (Å²) in [5.41, 5.74) is 5.66. The average molecular weight is 448 g/mol. The molecule has 2 amide bonds. The largest absolute Gasteiger partial charge is 0.382 e. The number of nitrogen functional groups attached to an aromatic ring is 1. The van der Waals surface area contributed by atoms with Crippen LogP contribution < -0.4 is 21.9 Å². The van der Waals surface area contributed by atoms with E-state index in [2.05, 4.69) is 20.6 Å². The fourth-order valence-corrected chi connectivity index (χ4v) is 3.10. The second-order valence-electron chi connectivity index (χ2n) is 5.94. The zero-order chi connectivity index (χ0) is 21.7. The van der Waals surface area contributed by atoms with Crippen LogP contribution in [-0.4, -0.2) is 27.5 Å². The lowest BCUT2D eigenvalue weighted by Gasteiger charge is -2.09. The topological polar surface area (TPSA) is 130 Å². The van der Waals surface area contributed by atoms with E-state index in [1.807, 2.05) is 0 Å². The van der Waals surface area contributed by atoms with Crippen molar-refractivity contribution in [3.05, 3.63) is 75.3 Å². The van der Waals surface area contributed by atoms with Crippen LogP contribution in [0.15, 0.2) is 58.5 Å². The van der Waals surface area contributed by atoms with E-state index in [-0.39, 0.29) is 33.9 Å². The predicted octanol–water partition coefficient (Wildman–Crippen LogP) is 3.13. The molecule has 30 heavy (non-hydrogen) atoms. The maximum atomic E-state index is 12.9. The Kier molecular flexibility index (Phi) is 6.70. The number of carbonyl (C=O) groups excluding carboxylic acids is 2. The highest BCUT2D eigenvalue weighted by molar-refractivity contribution is 7.99. The van der Waals surface area contributed by atoms with Crippen molar-refractivity contribution in [3.8, 4) is 0 Å². The number of aromatic amines is 1. The number of hydrogen-bond donors (Lipinski definition) is 4. The zero-order valence-corrected chi connectivity index (χ0v) is 16.8. The van der Waals surface area contributed by atoms with E-state index in [1.54, 1.807) is 12.1 Å². The van der Waals surface area contributed by atoms with Crippen molar-refractivity contribution in [1.29, 1.82) is 0 Å². The molecule has 1 aromatic heterocycles. The summed E-state index contributed by atoms with van der Waals surface area (Å²) in [5.74, 6) is -1.61. The van der Waals surface area contributed by atoms with Gasteiger partial charge in [-0.05, 0) is 48.5 Å². The lowest BCUT2D eigenvalue weighted by molar-refractivity contribution is -0.113. The van der Waals surface area contributed by atoms with Gasteiger partial charge in [0.15, 0.2) is 11.0 Å². The molecule has 0 saturated carbocycles. The smallest absolute Gasteiger partial charge is 0.277 e. The number of hydrogen-bond acceptors (Lipinski definition) is 6. The molecule has 0 fully saturated rings. The first-order chi connectivity index (χ1) is 14.3. The molecular weight excluding hydrogens is 433 g/mol. The highest BCUT2D eigenvalue weighted by atomic mass is 35.5. The second-order valence-corrected chi connectivity index (χ2v) is 7.34. The SMILES string of the molecule is Nc1nc(SCC(=O)Nc2ccc(F)cc2)[nH]c(=O)c1NC(=O)c1ccc(Cl)cc1. The zero-order valence-electron chi connectivity index (χ0n) is 15.2. The number of nitrogens with two attached hydrogens (primary N) is 1. The Morgan fingerprint density at radius 2 is 1.77 bits per heavy atom. The lowest BCUT2D eigenvalue weighted by Crippen LogP contribution is -2.23. The third-order valence-corrected chi connectivity index (χ3v) is 4.86. The normalized spacial score (nSPS) is 10.5. The summed E-state index contributed by atoms with van der Waals surface area (Å²) in [4.78, 5) is 43.0. The first-order valence-electron chi connectivity index (χ1n) is 8.47. The van der Waals surface area contributed by atoms with E-state index in [4.69, 9.17) is 17.3 Å². The standard InChI is InChI=1S/C19H15ClFN5O3S/c20-11-3-1-10(2-4-11)17(28)24-15-16(22)25-19(26-18(15)29)30-9-14(27)23-13-7-5-12(21)6-8-13/h1-8H,9H2,(H,23,27)(H,24,28)(H3,22,25,26,29). The van der Waals surface area contributed by atoms with Crippen LogP contribution in [0.2, 0.25) is 5.02 Å². The molecule has 5 N–H and O–H groups in total. The number of nitrogens with zero attached hydrogens (tertiary/aromatic N) is 1. The van der Waals surface area contributed by atoms with E-state index < -0.39 is 17.3 Å². The molecule has 154 valence electrons. The molecule has 0 aliphatic heterocycles. The minimum Gasteiger partial charge on any atom is -0.382 e. The molecular formula is C19H15ClFN5O3S. The first-order valence-corrected chi connectivity index (χ1v) is 9.83. The van der Waals surface area contributed by atoms with E-state index >= 15 is 0 Å². The van der Waals surface area contributed by atoms with Crippen molar-refractivity contribution >= 4 is 52.4 Å². The van der Waals surface area contributed by atoms with Gasteiger partial charge in [-0.1, -0.05) is 23.4 Å². The van der Waals surface area contributed by atoms with Crippen molar-refractivity contribution in [2.45, 2.75) is 5.16 Å². The third kappa shape index (κ3) is 5.58. The van der Waals surface area contributed by atoms with Gasteiger partial charge in [0, 0.05) is 16.3 Å². The van der Waals surface area contributed by atoms with Gasteiger partial charge in [0.2, 0.25) is 5.91 Å². The molecule has 0 unspecified atom stereocenters. The molecule has 0 atom stereocenters. The maximum Gasteiger partial charge on any atom is 0.277 e. The van der Waals surface area contributed by atoms with Crippen molar-refractivity contribution in [2.75, 3.05) is 22.1 Å². The van der Waals surface area contributed by atoms with Crippen LogP contribution in [-0.2, 0) is 4.79 Å². The Morgan fingerprint density at radius 3 is 2.40 bits per heavy atom. The number of rotatable bonds is 6. The first kappa shape index (κ1) is 21.3. The van der Waals surface area contributed by atoms with E-state index in [0.717, 1.165) is 11.8 Å². The summed E-state index contributed by atoms with van der Waals surface area (Å²) in [6.07, 6.45) is 0. The molecule has 3 rings (SSSR count). The number of thioether (sulfide) groups is 1. The Balaban J connectivity index is 1.63. The Morgan fingerprint density at radius 1 is 1.10 bits per heavy atom. The number of carbonyl (C=O) groups is 2. The molecule has 0 saturated heterocycles. The summed E-state index contributed by atoms with van der Waals surface area (Å²) in [7, 11) is 0. The molecule has 8 nitrogen and oxygen atoms in total. The number of H-pyrrole nitrogens is 1. The Hall–Kier alpha value is -3.37. The van der Waals surface area contributed by atoms with Gasteiger partial charge in [-0.15, -0.1) is 0 Å².